The lowest BCUT2D eigenvalue weighted by atomic mass is 9.69. The van der Waals surface area contributed by atoms with Gasteiger partial charge in [-0.15, -0.1) is 0 Å². The van der Waals surface area contributed by atoms with E-state index in [4.69, 9.17) is 9.31 Å². The predicted octanol–water partition coefficient (Wildman–Crippen LogP) is 6.03. The van der Waals surface area contributed by atoms with Gasteiger partial charge in [0.25, 0.3) is 0 Å². The molecule has 35 heavy (non-hydrogen) atoms. The third-order valence-corrected chi connectivity index (χ3v) is 8.65. The van der Waals surface area contributed by atoms with Gasteiger partial charge in [0.1, 0.15) is 5.75 Å². The largest absolute Gasteiger partial charge is 0.508 e. The first-order valence-corrected chi connectivity index (χ1v) is 12.3. The molecule has 172 valence electrons. The fourth-order valence-electron chi connectivity index (χ4n) is 6.30. The molecule has 1 saturated heterocycles. The molecule has 0 aromatic heterocycles. The van der Waals surface area contributed by atoms with Gasteiger partial charge in [-0.2, -0.15) is 0 Å². The van der Waals surface area contributed by atoms with Crippen molar-refractivity contribution in [2.75, 3.05) is 0 Å². The summed E-state index contributed by atoms with van der Waals surface area (Å²) in [5, 5.41) is 11.4. The maximum Gasteiger partial charge on any atom is 0.498 e. The molecule has 1 heterocycles. The molecule has 7 rings (SSSR count). The number of fused-ring (bicyclic) bond motifs is 10. The first kappa shape index (κ1) is 21.0. The van der Waals surface area contributed by atoms with E-state index in [-0.39, 0.29) is 5.75 Å². The molecule has 1 spiro atoms. The zero-order chi connectivity index (χ0) is 24.2. The van der Waals surface area contributed by atoms with E-state index < -0.39 is 23.7 Å². The van der Waals surface area contributed by atoms with Crippen LogP contribution in [0, 0.1) is 0 Å². The van der Waals surface area contributed by atoms with Gasteiger partial charge < -0.3 is 14.4 Å². The van der Waals surface area contributed by atoms with Crippen LogP contribution < -0.4 is 5.46 Å². The van der Waals surface area contributed by atoms with Crippen LogP contribution in [0.3, 0.4) is 0 Å². The third-order valence-electron chi connectivity index (χ3n) is 8.65. The van der Waals surface area contributed by atoms with Crippen molar-refractivity contribution in [1.29, 1.82) is 0 Å². The third kappa shape index (κ3) is 2.49. The van der Waals surface area contributed by atoms with E-state index >= 15 is 0 Å². The molecule has 0 bridgehead atoms. The van der Waals surface area contributed by atoms with Gasteiger partial charge in [-0.25, -0.2) is 0 Å². The maximum atomic E-state index is 11.4. The first-order valence-electron chi connectivity index (χ1n) is 12.3. The molecule has 0 saturated carbocycles. The van der Waals surface area contributed by atoms with Crippen molar-refractivity contribution < 1.29 is 14.4 Å². The van der Waals surface area contributed by atoms with Crippen molar-refractivity contribution in [2.45, 2.75) is 44.3 Å². The highest BCUT2D eigenvalue weighted by Gasteiger charge is 2.55. The molecule has 4 heteroatoms. The predicted molar refractivity (Wildman–Crippen MR) is 140 cm³/mol. The van der Waals surface area contributed by atoms with Gasteiger partial charge >= 0.3 is 7.12 Å². The standard InChI is InChI=1S/C31H27BO3/c1-29(2)30(3,4)35-32(34-29)27-17-22-21-13-7-10-16-25(21)31(26(22)18-28(27)33)23-14-8-5-11-19(23)20-12-6-9-15-24(20)31/h5-18,33H,1-4H3. The monoisotopic (exact) mass is 458 g/mol. The molecular formula is C31H27BO3. The lowest BCUT2D eigenvalue weighted by Gasteiger charge is -2.32. The summed E-state index contributed by atoms with van der Waals surface area (Å²) < 4.78 is 12.7. The number of rotatable bonds is 1. The molecule has 0 atom stereocenters. The number of hydrogen-bond acceptors (Lipinski definition) is 3. The fourth-order valence-corrected chi connectivity index (χ4v) is 6.30. The summed E-state index contributed by atoms with van der Waals surface area (Å²) in [6.45, 7) is 8.14. The van der Waals surface area contributed by atoms with Gasteiger partial charge in [0, 0.05) is 5.46 Å². The van der Waals surface area contributed by atoms with Crippen molar-refractivity contribution in [2.24, 2.45) is 0 Å². The molecule has 0 radical (unpaired) electrons. The SMILES string of the molecule is CC1(C)OB(c2cc3c(cc2O)C2(c4ccccc4-c4ccccc42)c2ccccc2-3)OC1(C)C. The van der Waals surface area contributed by atoms with Gasteiger partial charge in [0.2, 0.25) is 0 Å². The Morgan fingerprint density at radius 3 is 1.49 bits per heavy atom. The van der Waals surface area contributed by atoms with Crippen molar-refractivity contribution in [3.63, 3.8) is 0 Å². The highest BCUT2D eigenvalue weighted by Crippen LogP contribution is 2.62. The Morgan fingerprint density at radius 2 is 1.00 bits per heavy atom. The second-order valence-electron chi connectivity index (χ2n) is 10.9. The van der Waals surface area contributed by atoms with E-state index in [1.807, 2.05) is 33.8 Å². The van der Waals surface area contributed by atoms with Gasteiger partial charge in [0.15, 0.2) is 0 Å². The minimum absolute atomic E-state index is 0.205. The second-order valence-corrected chi connectivity index (χ2v) is 10.9. The van der Waals surface area contributed by atoms with Gasteiger partial charge in [-0.1, -0.05) is 78.9 Å². The second kappa shape index (κ2) is 6.66. The van der Waals surface area contributed by atoms with Crippen LogP contribution in [0.2, 0.25) is 0 Å². The average molecular weight is 458 g/mol. The molecule has 1 fully saturated rings. The number of phenolic OH excluding ortho intramolecular Hbond substituents is 1. The molecule has 1 N–H and O–H groups in total. The minimum atomic E-state index is -0.628. The van der Waals surface area contributed by atoms with Crippen LogP contribution in [0.25, 0.3) is 22.3 Å². The van der Waals surface area contributed by atoms with E-state index in [9.17, 15) is 5.11 Å². The Labute approximate surface area is 206 Å². The Morgan fingerprint density at radius 1 is 0.571 bits per heavy atom. The molecule has 1 aliphatic heterocycles. The summed E-state index contributed by atoms with van der Waals surface area (Å²) in [5.74, 6) is 0.205. The lowest BCUT2D eigenvalue weighted by molar-refractivity contribution is 0.00578. The van der Waals surface area contributed by atoms with Crippen LogP contribution in [0.1, 0.15) is 49.9 Å². The Balaban J connectivity index is 1.53. The molecule has 3 aliphatic rings. The van der Waals surface area contributed by atoms with Crippen molar-refractivity contribution in [3.8, 4) is 28.0 Å². The first-order chi connectivity index (χ1) is 16.8. The van der Waals surface area contributed by atoms with Crippen molar-refractivity contribution in [1.82, 2.24) is 0 Å². The smallest absolute Gasteiger partial charge is 0.498 e. The number of hydrogen-bond donors (Lipinski definition) is 1. The maximum absolute atomic E-state index is 11.4. The van der Waals surface area contributed by atoms with E-state index in [1.54, 1.807) is 0 Å². The summed E-state index contributed by atoms with van der Waals surface area (Å²) in [5.41, 5.74) is 8.93. The van der Waals surface area contributed by atoms with Crippen LogP contribution in [-0.2, 0) is 14.7 Å². The average Bonchev–Trinajstić information content (AvgIpc) is 3.38. The number of phenols is 1. The van der Waals surface area contributed by atoms with E-state index in [0.717, 1.165) is 11.1 Å². The van der Waals surface area contributed by atoms with Crippen molar-refractivity contribution >= 4 is 12.6 Å². The zero-order valence-electron chi connectivity index (χ0n) is 20.4. The van der Waals surface area contributed by atoms with Gasteiger partial charge in [-0.05, 0) is 78.3 Å². The van der Waals surface area contributed by atoms with E-state index in [2.05, 4.69) is 78.9 Å². The summed E-state index contributed by atoms with van der Waals surface area (Å²) >= 11 is 0. The molecule has 0 amide bonds. The summed E-state index contributed by atoms with van der Waals surface area (Å²) in [6, 6.07) is 30.0. The van der Waals surface area contributed by atoms with E-state index in [0.29, 0.717) is 5.46 Å². The lowest BCUT2D eigenvalue weighted by Crippen LogP contribution is -2.41. The van der Waals surface area contributed by atoms with Crippen LogP contribution in [0.15, 0.2) is 84.9 Å². The summed E-state index contributed by atoms with van der Waals surface area (Å²) in [6.07, 6.45) is 0. The highest BCUT2D eigenvalue weighted by atomic mass is 16.7. The highest BCUT2D eigenvalue weighted by molar-refractivity contribution is 6.63. The van der Waals surface area contributed by atoms with Crippen LogP contribution in [0.5, 0.6) is 5.75 Å². The van der Waals surface area contributed by atoms with Crippen LogP contribution >= 0.6 is 0 Å². The molecule has 4 aromatic rings. The van der Waals surface area contributed by atoms with Crippen LogP contribution in [-0.4, -0.2) is 23.4 Å². The minimum Gasteiger partial charge on any atom is -0.508 e. The quantitative estimate of drug-likeness (QED) is 0.306. The summed E-state index contributed by atoms with van der Waals surface area (Å²) in [7, 11) is -0.628. The Bertz CT molecular complexity index is 1470. The topological polar surface area (TPSA) is 38.7 Å². The molecule has 4 aromatic carbocycles. The molecule has 2 aliphatic carbocycles. The molecular weight excluding hydrogens is 431 g/mol. The Hall–Kier alpha value is -3.34. The fraction of sp³-hybridized carbons (Fsp3) is 0.226. The molecule has 0 unspecified atom stereocenters. The Kier molecular flexibility index (Phi) is 3.99. The van der Waals surface area contributed by atoms with E-state index in [1.165, 1.54) is 33.4 Å². The molecule has 3 nitrogen and oxygen atoms in total. The van der Waals surface area contributed by atoms with Crippen LogP contribution in [0.4, 0.5) is 0 Å². The van der Waals surface area contributed by atoms with Gasteiger partial charge in [0.05, 0.1) is 16.6 Å². The normalized spacial score (nSPS) is 19.4. The zero-order valence-corrected chi connectivity index (χ0v) is 20.4. The van der Waals surface area contributed by atoms with Crippen molar-refractivity contribution in [3.05, 3.63) is 107 Å². The number of aromatic hydroxyl groups is 1. The number of benzene rings is 4. The summed E-state index contributed by atoms with van der Waals surface area (Å²) in [4.78, 5) is 0. The van der Waals surface area contributed by atoms with Gasteiger partial charge in [-0.3, -0.25) is 0 Å².